The number of nitrogens with zero attached hydrogens (tertiary/aromatic N) is 3. The summed E-state index contributed by atoms with van der Waals surface area (Å²) in [5, 5.41) is 13.8. The zero-order valence-corrected chi connectivity index (χ0v) is 11.3. The highest BCUT2D eigenvalue weighted by Gasteiger charge is 2.23. The maximum Gasteiger partial charge on any atom is 0.348 e. The van der Waals surface area contributed by atoms with Crippen LogP contribution in [0.4, 0.5) is 11.5 Å². The molecule has 0 bridgehead atoms. The minimum Gasteiger partial charge on any atom is -0.364 e. The second-order valence-electron chi connectivity index (χ2n) is 3.92. The normalized spacial score (nSPS) is 10.4. The van der Waals surface area contributed by atoms with Crippen LogP contribution in [0.25, 0.3) is 0 Å². The van der Waals surface area contributed by atoms with E-state index in [4.69, 9.17) is 11.6 Å². The fourth-order valence-electron chi connectivity index (χ4n) is 1.47. The molecule has 100 valence electrons. The summed E-state index contributed by atoms with van der Waals surface area (Å²) < 4.78 is 0. The van der Waals surface area contributed by atoms with Crippen molar-refractivity contribution in [2.45, 2.75) is 39.5 Å². The summed E-state index contributed by atoms with van der Waals surface area (Å²) in [6.07, 6.45) is 3.44. The molecule has 0 aliphatic rings. The Morgan fingerprint density at radius 3 is 2.61 bits per heavy atom. The lowest BCUT2D eigenvalue weighted by Gasteiger charge is -2.08. The molecule has 7 heteroatoms. The summed E-state index contributed by atoms with van der Waals surface area (Å²) in [5.41, 5.74) is -0.243. The Balaban J connectivity index is 3.03. The molecule has 0 spiro atoms. The Hall–Kier alpha value is -1.43. The molecular formula is C11H17ClN4O2. The van der Waals surface area contributed by atoms with E-state index in [1.54, 1.807) is 0 Å². The largest absolute Gasteiger partial charge is 0.364 e. The number of hydrogen-bond acceptors (Lipinski definition) is 5. The van der Waals surface area contributed by atoms with Gasteiger partial charge in [-0.15, -0.1) is 0 Å². The number of nitrogens with one attached hydrogen (secondary N) is 1. The fourth-order valence-corrected chi connectivity index (χ4v) is 1.73. The van der Waals surface area contributed by atoms with Crippen molar-refractivity contribution in [2.75, 3.05) is 11.9 Å². The third kappa shape index (κ3) is 3.80. The lowest BCUT2D eigenvalue weighted by Crippen LogP contribution is -2.09. The Bertz CT molecular complexity index is 426. The lowest BCUT2D eigenvalue weighted by molar-refractivity contribution is -0.384. The molecule has 0 saturated heterocycles. The number of nitro groups is 1. The molecule has 0 atom stereocenters. The zero-order chi connectivity index (χ0) is 13.5. The van der Waals surface area contributed by atoms with Crippen molar-refractivity contribution in [1.82, 2.24) is 9.97 Å². The Kier molecular flexibility index (Phi) is 5.77. The molecule has 1 N–H and O–H groups in total. The number of anilines is 1. The van der Waals surface area contributed by atoms with Crippen molar-refractivity contribution in [3.8, 4) is 0 Å². The van der Waals surface area contributed by atoms with E-state index >= 15 is 0 Å². The molecule has 1 rings (SSSR count). The summed E-state index contributed by atoms with van der Waals surface area (Å²) in [6, 6.07) is 0. The van der Waals surface area contributed by atoms with Gasteiger partial charge in [0.2, 0.25) is 11.0 Å². The quantitative estimate of drug-likeness (QED) is 0.357. The molecule has 1 aromatic heterocycles. The molecule has 0 fully saturated rings. The van der Waals surface area contributed by atoms with E-state index in [2.05, 4.69) is 15.3 Å². The van der Waals surface area contributed by atoms with Gasteiger partial charge in [-0.3, -0.25) is 10.1 Å². The molecule has 0 aliphatic heterocycles. The molecule has 1 heterocycles. The van der Waals surface area contributed by atoms with E-state index in [-0.39, 0.29) is 16.7 Å². The Morgan fingerprint density at radius 2 is 2.06 bits per heavy atom. The van der Waals surface area contributed by atoms with Gasteiger partial charge in [0.05, 0.1) is 4.92 Å². The number of aromatic nitrogens is 2. The van der Waals surface area contributed by atoms with Crippen LogP contribution in [-0.4, -0.2) is 21.4 Å². The molecule has 6 nitrogen and oxygen atoms in total. The van der Waals surface area contributed by atoms with Crippen LogP contribution in [0.15, 0.2) is 0 Å². The van der Waals surface area contributed by atoms with Gasteiger partial charge in [0.1, 0.15) is 5.82 Å². The number of aryl methyl sites for hydroxylation is 1. The smallest absolute Gasteiger partial charge is 0.348 e. The number of unbranched alkanes of at least 4 members (excludes halogenated alkanes) is 1. The molecule has 0 radical (unpaired) electrons. The van der Waals surface area contributed by atoms with E-state index in [0.717, 1.165) is 19.3 Å². The molecule has 0 aliphatic carbocycles. The monoisotopic (exact) mass is 272 g/mol. The topological polar surface area (TPSA) is 81.0 Å². The van der Waals surface area contributed by atoms with Crippen LogP contribution in [0.5, 0.6) is 0 Å². The van der Waals surface area contributed by atoms with Gasteiger partial charge in [0.25, 0.3) is 0 Å². The van der Waals surface area contributed by atoms with Gasteiger partial charge >= 0.3 is 5.69 Å². The maximum atomic E-state index is 10.9. The van der Waals surface area contributed by atoms with Crippen molar-refractivity contribution in [2.24, 2.45) is 0 Å². The second kappa shape index (κ2) is 7.10. The van der Waals surface area contributed by atoms with Crippen LogP contribution in [0.1, 0.15) is 38.9 Å². The molecule has 0 amide bonds. The van der Waals surface area contributed by atoms with Gasteiger partial charge in [-0.05, 0) is 12.8 Å². The first kappa shape index (κ1) is 14.6. The number of rotatable bonds is 7. The minimum absolute atomic E-state index is 0.0996. The summed E-state index contributed by atoms with van der Waals surface area (Å²) in [7, 11) is 0. The van der Waals surface area contributed by atoms with Gasteiger partial charge in [0.15, 0.2) is 0 Å². The highest BCUT2D eigenvalue weighted by atomic mass is 35.5. The van der Waals surface area contributed by atoms with Crippen molar-refractivity contribution >= 4 is 23.1 Å². The fraction of sp³-hybridized carbons (Fsp3) is 0.636. The molecule has 18 heavy (non-hydrogen) atoms. The van der Waals surface area contributed by atoms with Crippen molar-refractivity contribution < 1.29 is 4.92 Å². The first-order valence-corrected chi connectivity index (χ1v) is 6.42. The number of halogens is 1. The Labute approximate surface area is 111 Å². The third-order valence-electron chi connectivity index (χ3n) is 2.37. The van der Waals surface area contributed by atoms with Gasteiger partial charge in [-0.2, -0.15) is 0 Å². The van der Waals surface area contributed by atoms with Crippen molar-refractivity contribution in [1.29, 1.82) is 0 Å². The first-order chi connectivity index (χ1) is 8.60. The van der Waals surface area contributed by atoms with Crippen LogP contribution < -0.4 is 5.32 Å². The van der Waals surface area contributed by atoms with E-state index in [1.807, 2.05) is 13.8 Å². The minimum atomic E-state index is -0.549. The average Bonchev–Trinajstić information content (AvgIpc) is 2.28. The lowest BCUT2D eigenvalue weighted by atomic mass is 10.3. The molecule has 0 aromatic carbocycles. The molecule has 0 unspecified atom stereocenters. The number of hydrogen-bond donors (Lipinski definition) is 1. The molecular weight excluding hydrogens is 256 g/mol. The molecule has 1 aromatic rings. The maximum absolute atomic E-state index is 10.9. The zero-order valence-electron chi connectivity index (χ0n) is 10.6. The van der Waals surface area contributed by atoms with E-state index < -0.39 is 4.92 Å². The Morgan fingerprint density at radius 1 is 1.33 bits per heavy atom. The van der Waals surface area contributed by atoms with Crippen LogP contribution in [-0.2, 0) is 6.42 Å². The van der Waals surface area contributed by atoms with Crippen LogP contribution in [0.3, 0.4) is 0 Å². The van der Waals surface area contributed by atoms with Gasteiger partial charge < -0.3 is 5.32 Å². The SMILES string of the molecule is CCCCNc1nc(CCC)nc(Cl)c1[N+](=O)[O-]. The summed E-state index contributed by atoms with van der Waals surface area (Å²) in [6.45, 7) is 4.67. The van der Waals surface area contributed by atoms with Crippen LogP contribution in [0, 0.1) is 10.1 Å². The van der Waals surface area contributed by atoms with Crippen LogP contribution >= 0.6 is 11.6 Å². The van der Waals surface area contributed by atoms with E-state index in [9.17, 15) is 10.1 Å². The predicted octanol–water partition coefficient (Wildman–Crippen LogP) is 3.20. The van der Waals surface area contributed by atoms with E-state index in [0.29, 0.717) is 18.8 Å². The predicted molar refractivity (Wildman–Crippen MR) is 71.1 cm³/mol. The average molecular weight is 273 g/mol. The van der Waals surface area contributed by atoms with Gasteiger partial charge in [0, 0.05) is 13.0 Å². The third-order valence-corrected chi connectivity index (χ3v) is 2.63. The molecule has 0 saturated carbocycles. The summed E-state index contributed by atoms with van der Waals surface area (Å²) in [4.78, 5) is 18.5. The summed E-state index contributed by atoms with van der Waals surface area (Å²) >= 11 is 5.85. The van der Waals surface area contributed by atoms with Crippen molar-refractivity contribution in [3.63, 3.8) is 0 Å². The first-order valence-electron chi connectivity index (χ1n) is 6.04. The van der Waals surface area contributed by atoms with E-state index in [1.165, 1.54) is 0 Å². The van der Waals surface area contributed by atoms with Crippen molar-refractivity contribution in [3.05, 3.63) is 21.1 Å². The van der Waals surface area contributed by atoms with Gasteiger partial charge in [-0.25, -0.2) is 9.97 Å². The van der Waals surface area contributed by atoms with Gasteiger partial charge in [-0.1, -0.05) is 31.9 Å². The summed E-state index contributed by atoms with van der Waals surface area (Å²) in [5.74, 6) is 0.754. The highest BCUT2D eigenvalue weighted by molar-refractivity contribution is 6.31. The standard InChI is InChI=1S/C11H17ClN4O2/c1-3-5-7-13-11-9(16(17)18)10(12)14-8(15-11)6-4-2/h3-7H2,1-2H3,(H,13,14,15). The second-order valence-corrected chi connectivity index (χ2v) is 4.27. The highest BCUT2D eigenvalue weighted by Crippen LogP contribution is 2.29. The van der Waals surface area contributed by atoms with Crippen LogP contribution in [0.2, 0.25) is 5.15 Å².